The van der Waals surface area contributed by atoms with Crippen molar-refractivity contribution in [2.45, 2.75) is 0 Å². The van der Waals surface area contributed by atoms with E-state index in [-0.39, 0.29) is 0 Å². The Labute approximate surface area is 120 Å². The predicted octanol–water partition coefficient (Wildman–Crippen LogP) is 2.11. The number of rotatable bonds is 3. The van der Waals surface area contributed by atoms with Gasteiger partial charge in [-0.2, -0.15) is 0 Å². The van der Waals surface area contributed by atoms with Crippen molar-refractivity contribution in [3.63, 3.8) is 0 Å². The molecule has 0 saturated heterocycles. The molecule has 0 radical (unpaired) electrons. The first-order valence-corrected chi connectivity index (χ1v) is 9.13. The van der Waals surface area contributed by atoms with E-state index in [9.17, 15) is 4.21 Å². The average Bonchev–Trinajstić information content (AvgIpc) is 2.76. The minimum atomic E-state index is -2.00. The van der Waals surface area contributed by atoms with Gasteiger partial charge in [0.2, 0.25) is 0 Å². The van der Waals surface area contributed by atoms with E-state index in [0.717, 1.165) is 17.0 Å². The zero-order valence-electron chi connectivity index (χ0n) is 11.6. The molecule has 1 aliphatic rings. The van der Waals surface area contributed by atoms with Gasteiger partial charge in [0.15, 0.2) is 0 Å². The molecule has 2 aromatic rings. The smallest absolute Gasteiger partial charge is 0.423 e. The van der Waals surface area contributed by atoms with Crippen molar-refractivity contribution in [2.75, 3.05) is 18.2 Å². The first-order chi connectivity index (χ1) is 9.49. The molecule has 0 spiro atoms. The third-order valence-corrected chi connectivity index (χ3v) is 4.65. The maximum Gasteiger partial charge on any atom is 0.423 e. The molecular formula is C15H17BO3S. The van der Waals surface area contributed by atoms with Crippen LogP contribution in [0.15, 0.2) is 54.6 Å². The lowest BCUT2D eigenvalue weighted by atomic mass is 9.54. The second-order valence-electron chi connectivity index (χ2n) is 5.57. The van der Waals surface area contributed by atoms with Crippen LogP contribution in [0, 0.1) is 0 Å². The molecule has 0 atom stereocenters. The Kier molecular flexibility index (Phi) is 3.09. The van der Waals surface area contributed by atoms with Gasteiger partial charge < -0.3 is 9.31 Å². The van der Waals surface area contributed by atoms with Crippen LogP contribution >= 0.6 is 0 Å². The average molecular weight is 288 g/mol. The molecule has 3 nitrogen and oxygen atoms in total. The highest BCUT2D eigenvalue weighted by atomic mass is 32.2. The van der Waals surface area contributed by atoms with Crippen LogP contribution in [-0.2, 0) is 14.1 Å². The maximum absolute atomic E-state index is 12.3. The first-order valence-electron chi connectivity index (χ1n) is 6.59. The van der Waals surface area contributed by atoms with Gasteiger partial charge in [-0.3, -0.25) is 0 Å². The molecule has 3 rings (SSSR count). The predicted molar refractivity (Wildman–Crippen MR) is 84.3 cm³/mol. The third-order valence-electron chi connectivity index (χ3n) is 3.41. The number of para-hydroxylation sites is 2. The van der Waals surface area contributed by atoms with Gasteiger partial charge in [0.1, 0.15) is 11.5 Å². The fourth-order valence-electron chi connectivity index (χ4n) is 2.65. The Bertz CT molecular complexity index is 641. The van der Waals surface area contributed by atoms with E-state index in [2.05, 4.69) is 0 Å². The van der Waals surface area contributed by atoms with E-state index in [1.54, 1.807) is 12.5 Å². The van der Waals surface area contributed by atoms with Gasteiger partial charge in [-0.1, -0.05) is 42.5 Å². The molecule has 0 aliphatic carbocycles. The van der Waals surface area contributed by atoms with Crippen molar-refractivity contribution in [3.8, 4) is 11.5 Å². The molecule has 2 aromatic carbocycles. The molecule has 0 N–H and O–H groups in total. The Morgan fingerprint density at radius 1 is 0.900 bits per heavy atom. The largest absolute Gasteiger partial charge is 0.674 e. The molecule has 0 amide bonds. The van der Waals surface area contributed by atoms with Crippen LogP contribution in [0.5, 0.6) is 11.5 Å². The highest BCUT2D eigenvalue weighted by molar-refractivity contribution is 8.03. The summed E-state index contributed by atoms with van der Waals surface area (Å²) < 4.78 is 24.6. The zero-order valence-corrected chi connectivity index (χ0v) is 12.4. The van der Waals surface area contributed by atoms with Gasteiger partial charge in [-0.05, 0) is 12.1 Å². The highest BCUT2D eigenvalue weighted by Crippen LogP contribution is 2.37. The molecular weight excluding hydrogens is 271 g/mol. The number of fused-ring (bicyclic) bond motifs is 1. The SMILES string of the molecule is C[S+](C)(=O)C[B-]1(c2ccccc2)Oc2ccccc2O1. The van der Waals surface area contributed by atoms with Crippen molar-refractivity contribution in [1.29, 1.82) is 0 Å². The van der Waals surface area contributed by atoms with Crippen LogP contribution in [0.3, 0.4) is 0 Å². The van der Waals surface area contributed by atoms with Crippen LogP contribution < -0.4 is 14.8 Å². The van der Waals surface area contributed by atoms with Crippen LogP contribution in [-0.4, -0.2) is 24.7 Å². The van der Waals surface area contributed by atoms with Crippen molar-refractivity contribution in [1.82, 2.24) is 0 Å². The summed E-state index contributed by atoms with van der Waals surface area (Å²) >= 11 is 0. The Balaban J connectivity index is 2.06. The third kappa shape index (κ3) is 2.45. The lowest BCUT2D eigenvalue weighted by Gasteiger charge is -2.34. The van der Waals surface area contributed by atoms with E-state index < -0.39 is 16.5 Å². The Morgan fingerprint density at radius 2 is 1.40 bits per heavy atom. The van der Waals surface area contributed by atoms with E-state index in [1.807, 2.05) is 54.6 Å². The summed E-state index contributed by atoms with van der Waals surface area (Å²) in [5.41, 5.74) is 1.33. The topological polar surface area (TPSA) is 35.5 Å². The highest BCUT2D eigenvalue weighted by Gasteiger charge is 2.45. The van der Waals surface area contributed by atoms with E-state index in [1.165, 1.54) is 0 Å². The van der Waals surface area contributed by atoms with Gasteiger partial charge >= 0.3 is 6.55 Å². The summed E-state index contributed by atoms with van der Waals surface area (Å²) in [7, 11) is -2.00. The van der Waals surface area contributed by atoms with Gasteiger partial charge in [0.05, 0.1) is 28.1 Å². The van der Waals surface area contributed by atoms with Gasteiger partial charge in [-0.25, -0.2) is 0 Å². The summed E-state index contributed by atoms with van der Waals surface area (Å²) in [4.78, 5) is 0. The van der Waals surface area contributed by atoms with Crippen LogP contribution in [0.1, 0.15) is 0 Å². The number of benzene rings is 2. The van der Waals surface area contributed by atoms with Crippen LogP contribution in [0.2, 0.25) is 0 Å². The fraction of sp³-hybridized carbons (Fsp3) is 0.200. The van der Waals surface area contributed by atoms with Crippen LogP contribution in [0.25, 0.3) is 0 Å². The summed E-state index contributed by atoms with van der Waals surface area (Å²) in [6.07, 6.45) is 3.49. The fourth-order valence-corrected chi connectivity index (χ4v) is 4.04. The molecule has 20 heavy (non-hydrogen) atoms. The van der Waals surface area contributed by atoms with Gasteiger partial charge in [0, 0.05) is 0 Å². The van der Waals surface area contributed by atoms with E-state index >= 15 is 0 Å². The normalized spacial score (nSPS) is 16.1. The minimum Gasteiger partial charge on any atom is -0.674 e. The zero-order chi connectivity index (χ0) is 14.2. The standard InChI is InChI=1S/C15H17BO3S/c1-20(2,17)12-16(13-8-4-3-5-9-13)18-14-10-6-7-11-15(14)19-16/h3-11H,12H2,1-2H3. The van der Waals surface area contributed by atoms with Crippen molar-refractivity contribution in [3.05, 3.63) is 54.6 Å². The van der Waals surface area contributed by atoms with Crippen molar-refractivity contribution < 1.29 is 13.5 Å². The second kappa shape index (κ2) is 4.67. The Morgan fingerprint density at radius 3 is 1.90 bits per heavy atom. The maximum atomic E-state index is 12.3. The molecule has 0 unspecified atom stereocenters. The van der Waals surface area contributed by atoms with Crippen LogP contribution in [0.4, 0.5) is 0 Å². The van der Waals surface area contributed by atoms with Gasteiger partial charge in [-0.15, -0.1) is 9.67 Å². The first kappa shape index (κ1) is 13.2. The molecule has 0 saturated carbocycles. The lowest BCUT2D eigenvalue weighted by molar-refractivity contribution is 0.480. The second-order valence-corrected chi connectivity index (χ2v) is 8.77. The molecule has 0 fully saturated rings. The van der Waals surface area contributed by atoms with Gasteiger partial charge in [0.25, 0.3) is 0 Å². The molecule has 1 aliphatic heterocycles. The quantitative estimate of drug-likeness (QED) is 0.641. The van der Waals surface area contributed by atoms with Crippen molar-refractivity contribution >= 4 is 21.9 Å². The molecule has 104 valence electrons. The molecule has 0 aromatic heterocycles. The molecule has 0 bridgehead atoms. The monoisotopic (exact) mass is 288 g/mol. The van der Waals surface area contributed by atoms with E-state index in [4.69, 9.17) is 9.31 Å². The summed E-state index contributed by atoms with van der Waals surface area (Å²) in [6, 6.07) is 17.4. The summed E-state index contributed by atoms with van der Waals surface area (Å²) in [6.45, 7) is -1.77. The summed E-state index contributed by atoms with van der Waals surface area (Å²) in [5, 5.41) is 0. The summed E-state index contributed by atoms with van der Waals surface area (Å²) in [5.74, 6) is 1.44. The molecule has 1 heterocycles. The number of hydrogen-bond donors (Lipinski definition) is 0. The number of hydrogen-bond acceptors (Lipinski definition) is 3. The van der Waals surface area contributed by atoms with Crippen molar-refractivity contribution in [2.24, 2.45) is 0 Å². The Hall–Kier alpha value is -1.75. The lowest BCUT2D eigenvalue weighted by Crippen LogP contribution is -2.62. The van der Waals surface area contributed by atoms with E-state index in [0.29, 0.717) is 5.65 Å². The minimum absolute atomic E-state index is 0.381. The molecule has 5 heteroatoms.